The van der Waals surface area contributed by atoms with Crippen molar-refractivity contribution in [3.05, 3.63) is 34.9 Å². The van der Waals surface area contributed by atoms with Crippen LogP contribution in [0, 0.1) is 5.41 Å². The third-order valence-corrected chi connectivity index (χ3v) is 5.57. The second-order valence-electron chi connectivity index (χ2n) is 4.83. The predicted molar refractivity (Wildman–Crippen MR) is 69.4 cm³/mol. The highest BCUT2D eigenvalue weighted by atomic mass is 35.5. The highest BCUT2D eigenvalue weighted by molar-refractivity contribution is 7.91. The van der Waals surface area contributed by atoms with Crippen LogP contribution >= 0.6 is 11.6 Å². The third kappa shape index (κ3) is 2.05. The fourth-order valence-electron chi connectivity index (χ4n) is 2.73. The molecule has 6 heteroatoms. The molecule has 0 aromatic heterocycles. The number of benzene rings is 1. The van der Waals surface area contributed by atoms with Gasteiger partial charge in [0.1, 0.15) is 0 Å². The Bertz CT molecular complexity index is 534. The first kappa shape index (κ1) is 13.8. The lowest BCUT2D eigenvalue weighted by molar-refractivity contribution is 0.130. The maximum Gasteiger partial charge on any atom is 0.151 e. The number of aliphatic hydroxyl groups excluding tert-OH is 2. The van der Waals surface area contributed by atoms with Gasteiger partial charge in [0, 0.05) is 22.6 Å². The van der Waals surface area contributed by atoms with Gasteiger partial charge in [-0.2, -0.15) is 0 Å². The lowest BCUT2D eigenvalue weighted by Crippen LogP contribution is -2.22. The predicted octanol–water partition coefficient (Wildman–Crippen LogP) is 0.821. The molecule has 1 aliphatic rings. The molecule has 1 aliphatic carbocycles. The molecular weight excluding hydrogens is 276 g/mol. The molecule has 0 bridgehead atoms. The van der Waals surface area contributed by atoms with Crippen LogP contribution in [0.2, 0.25) is 5.02 Å². The minimum Gasteiger partial charge on any atom is -0.396 e. The summed E-state index contributed by atoms with van der Waals surface area (Å²) in [7, 11) is -3.32. The maximum absolute atomic E-state index is 11.7. The van der Waals surface area contributed by atoms with Crippen LogP contribution in [0.1, 0.15) is 11.5 Å². The zero-order valence-corrected chi connectivity index (χ0v) is 11.4. The molecule has 1 aromatic rings. The number of sulfone groups is 1. The van der Waals surface area contributed by atoms with E-state index in [2.05, 4.69) is 0 Å². The molecule has 2 rings (SSSR count). The summed E-state index contributed by atoms with van der Waals surface area (Å²) >= 11 is 5.78. The molecule has 0 spiro atoms. The molecule has 0 aliphatic heterocycles. The Morgan fingerprint density at radius 1 is 1.22 bits per heavy atom. The van der Waals surface area contributed by atoms with Gasteiger partial charge in [-0.25, -0.2) is 8.42 Å². The van der Waals surface area contributed by atoms with Gasteiger partial charge in [0.2, 0.25) is 0 Å². The fourth-order valence-corrected chi connectivity index (χ4v) is 4.85. The molecule has 0 radical (unpaired) electrons. The molecule has 4 nitrogen and oxygen atoms in total. The standard InChI is InChI=1S/C12H15ClO4S/c1-18(16,17)11-10(12(11,6-14)7-15)8-2-4-9(13)5-3-8/h2-5,10-11,14-15H,6-7H2,1H3/t10-,11-/m0/s1. The van der Waals surface area contributed by atoms with Gasteiger partial charge in [-0.15, -0.1) is 0 Å². The molecule has 2 atom stereocenters. The summed E-state index contributed by atoms with van der Waals surface area (Å²) in [5.41, 5.74) is -0.195. The number of rotatable bonds is 4. The van der Waals surface area contributed by atoms with Crippen molar-refractivity contribution < 1.29 is 18.6 Å². The normalized spacial score (nSPS) is 26.0. The molecular formula is C12H15ClO4S. The van der Waals surface area contributed by atoms with Crippen molar-refractivity contribution in [2.75, 3.05) is 19.5 Å². The Hall–Kier alpha value is -0.620. The molecule has 0 heterocycles. The quantitative estimate of drug-likeness (QED) is 0.861. The van der Waals surface area contributed by atoms with Gasteiger partial charge in [-0.3, -0.25) is 0 Å². The zero-order chi connectivity index (χ0) is 13.6. The van der Waals surface area contributed by atoms with E-state index in [0.717, 1.165) is 11.8 Å². The van der Waals surface area contributed by atoms with Crippen LogP contribution in [0.3, 0.4) is 0 Å². The summed E-state index contributed by atoms with van der Waals surface area (Å²) in [5, 5.41) is 18.7. The molecule has 1 aromatic carbocycles. The Labute approximate surface area is 111 Å². The van der Waals surface area contributed by atoms with Crippen molar-refractivity contribution in [1.29, 1.82) is 0 Å². The first-order valence-corrected chi connectivity index (χ1v) is 7.86. The largest absolute Gasteiger partial charge is 0.396 e. The highest BCUT2D eigenvalue weighted by Crippen LogP contribution is 2.62. The SMILES string of the molecule is CS(=O)(=O)[C@H]1[C@H](c2ccc(Cl)cc2)C1(CO)CO. The first-order chi connectivity index (χ1) is 8.36. The molecule has 100 valence electrons. The second kappa shape index (κ2) is 4.49. The van der Waals surface area contributed by atoms with Crippen molar-refractivity contribution in [3.8, 4) is 0 Å². The van der Waals surface area contributed by atoms with Gasteiger partial charge < -0.3 is 10.2 Å². The van der Waals surface area contributed by atoms with Gasteiger partial charge in [0.25, 0.3) is 0 Å². The minimum atomic E-state index is -3.32. The summed E-state index contributed by atoms with van der Waals surface area (Å²) in [5.74, 6) is -0.375. The van der Waals surface area contributed by atoms with Gasteiger partial charge >= 0.3 is 0 Å². The van der Waals surface area contributed by atoms with E-state index in [1.165, 1.54) is 0 Å². The topological polar surface area (TPSA) is 74.6 Å². The van der Waals surface area contributed by atoms with E-state index >= 15 is 0 Å². The summed E-state index contributed by atoms with van der Waals surface area (Å²) in [6.45, 7) is -0.705. The van der Waals surface area contributed by atoms with Crippen LogP contribution in [-0.4, -0.2) is 43.4 Å². The van der Waals surface area contributed by atoms with Gasteiger partial charge in [-0.1, -0.05) is 23.7 Å². The van der Waals surface area contributed by atoms with Crippen molar-refractivity contribution in [3.63, 3.8) is 0 Å². The first-order valence-electron chi connectivity index (χ1n) is 5.53. The van der Waals surface area contributed by atoms with Crippen LogP contribution in [0.5, 0.6) is 0 Å². The van der Waals surface area contributed by atoms with Crippen molar-refractivity contribution in [2.45, 2.75) is 11.2 Å². The Kier molecular flexibility index (Phi) is 3.44. The van der Waals surface area contributed by atoms with Crippen LogP contribution < -0.4 is 0 Å². The maximum atomic E-state index is 11.7. The molecule has 0 saturated heterocycles. The number of halogens is 1. The summed E-state index contributed by atoms with van der Waals surface area (Å²) < 4.78 is 23.5. The number of hydrogen-bond donors (Lipinski definition) is 2. The van der Waals surface area contributed by atoms with Gasteiger partial charge in [-0.05, 0) is 17.7 Å². The Morgan fingerprint density at radius 3 is 2.06 bits per heavy atom. The highest BCUT2D eigenvalue weighted by Gasteiger charge is 2.69. The van der Waals surface area contributed by atoms with Crippen molar-refractivity contribution >= 4 is 21.4 Å². The molecule has 1 fully saturated rings. The van der Waals surface area contributed by atoms with Crippen LogP contribution in [-0.2, 0) is 9.84 Å². The van der Waals surface area contributed by atoms with E-state index in [-0.39, 0.29) is 19.1 Å². The lowest BCUT2D eigenvalue weighted by Gasteiger charge is -2.10. The third-order valence-electron chi connectivity index (χ3n) is 3.66. The summed E-state index contributed by atoms with van der Waals surface area (Å²) in [6, 6.07) is 6.82. The van der Waals surface area contributed by atoms with Gasteiger partial charge in [0.15, 0.2) is 9.84 Å². The van der Waals surface area contributed by atoms with Crippen molar-refractivity contribution in [2.24, 2.45) is 5.41 Å². The average Bonchev–Trinajstić information content (AvgIpc) is 3.00. The molecule has 1 saturated carbocycles. The fraction of sp³-hybridized carbons (Fsp3) is 0.500. The zero-order valence-electron chi connectivity index (χ0n) is 9.88. The number of hydrogen-bond acceptors (Lipinski definition) is 4. The molecule has 0 amide bonds. The van der Waals surface area contributed by atoms with Crippen molar-refractivity contribution in [1.82, 2.24) is 0 Å². The monoisotopic (exact) mass is 290 g/mol. The van der Waals surface area contributed by atoms with E-state index in [0.29, 0.717) is 5.02 Å². The summed E-state index contributed by atoms with van der Waals surface area (Å²) in [4.78, 5) is 0. The molecule has 2 N–H and O–H groups in total. The average molecular weight is 291 g/mol. The number of aliphatic hydroxyl groups is 2. The molecule has 0 unspecified atom stereocenters. The van der Waals surface area contributed by atoms with E-state index in [1.54, 1.807) is 24.3 Å². The minimum absolute atomic E-state index is 0.353. The molecule has 18 heavy (non-hydrogen) atoms. The smallest absolute Gasteiger partial charge is 0.151 e. The second-order valence-corrected chi connectivity index (χ2v) is 7.43. The lowest BCUT2D eigenvalue weighted by atomic mass is 10.0. The van der Waals surface area contributed by atoms with E-state index in [4.69, 9.17) is 11.6 Å². The Morgan fingerprint density at radius 2 is 1.72 bits per heavy atom. The van der Waals surface area contributed by atoms with E-state index in [1.807, 2.05) is 0 Å². The van der Waals surface area contributed by atoms with Crippen LogP contribution in [0.4, 0.5) is 0 Å². The van der Waals surface area contributed by atoms with Gasteiger partial charge in [0.05, 0.1) is 18.5 Å². The van der Waals surface area contributed by atoms with E-state index < -0.39 is 20.5 Å². The van der Waals surface area contributed by atoms with E-state index in [9.17, 15) is 18.6 Å². The van der Waals surface area contributed by atoms with Crippen LogP contribution in [0.15, 0.2) is 24.3 Å². The Balaban J connectivity index is 2.41. The summed E-state index contributed by atoms with van der Waals surface area (Å²) in [6.07, 6.45) is 1.13. The van der Waals surface area contributed by atoms with Crippen LogP contribution in [0.25, 0.3) is 0 Å².